The van der Waals surface area contributed by atoms with Crippen LogP contribution in [0.4, 0.5) is 11.4 Å². The van der Waals surface area contributed by atoms with Gasteiger partial charge in [0.2, 0.25) is 0 Å². The Balaban J connectivity index is 0.000000365. The van der Waals surface area contributed by atoms with Crippen molar-refractivity contribution in [2.75, 3.05) is 11.5 Å². The van der Waals surface area contributed by atoms with Gasteiger partial charge in [0, 0.05) is 0 Å². The minimum absolute atomic E-state index is 0. The number of hydrogen-bond donors (Lipinski definition) is 2. The Morgan fingerprint density at radius 3 is 1.95 bits per heavy atom. The van der Waals surface area contributed by atoms with Gasteiger partial charge >= 0.3 is 252 Å². The zero-order chi connectivity index (χ0) is 28.7. The predicted octanol–water partition coefficient (Wildman–Crippen LogP) is -2.11. The van der Waals surface area contributed by atoms with Gasteiger partial charge in [0.05, 0.1) is 11.4 Å². The SMILES string of the molecule is Nc1cc2ccccc2cc1N.O.O=C([O-])c1ccccc1-c1c2cc(Br)c(=O)cc-2oc2[c]([Hg])c([O-])c(Br)cc12.[Na+].[Na+]. The van der Waals surface area contributed by atoms with Crippen molar-refractivity contribution >= 4 is 74.0 Å². The van der Waals surface area contributed by atoms with Crippen LogP contribution in [0.2, 0.25) is 0 Å². The van der Waals surface area contributed by atoms with Gasteiger partial charge in [0.15, 0.2) is 0 Å². The van der Waals surface area contributed by atoms with E-state index in [1.165, 1.54) is 12.1 Å². The zero-order valence-electron chi connectivity index (χ0n) is 23.2. The van der Waals surface area contributed by atoms with Crippen LogP contribution in [0.1, 0.15) is 10.4 Å². The fourth-order valence-corrected chi connectivity index (χ4v) is 8.06. The molecule has 8 nitrogen and oxygen atoms in total. The molecule has 13 heteroatoms. The summed E-state index contributed by atoms with van der Waals surface area (Å²) >= 11 is 6.47. The zero-order valence-corrected chi connectivity index (χ0v) is 35.8. The third kappa shape index (κ3) is 7.69. The summed E-state index contributed by atoms with van der Waals surface area (Å²) in [6.45, 7) is 0. The van der Waals surface area contributed by atoms with E-state index in [1.807, 2.05) is 36.4 Å². The number of halogens is 2. The maximum atomic E-state index is 12.4. The molecule has 0 spiro atoms. The number of rotatable bonds is 2. The molecular formula is C30H19Br2HgN2Na2O6. The molecule has 6 rings (SSSR count). The van der Waals surface area contributed by atoms with E-state index in [0.29, 0.717) is 51.1 Å². The number of benzene rings is 5. The van der Waals surface area contributed by atoms with Crippen molar-refractivity contribution in [2.45, 2.75) is 0 Å². The smallest absolute Gasteiger partial charge is 1.00 e. The van der Waals surface area contributed by atoms with E-state index in [4.69, 9.17) is 15.9 Å². The average Bonchev–Trinajstić information content (AvgIpc) is 2.93. The normalized spacial score (nSPS) is 10.2. The van der Waals surface area contributed by atoms with Gasteiger partial charge in [-0.25, -0.2) is 0 Å². The summed E-state index contributed by atoms with van der Waals surface area (Å²) in [5.41, 5.74) is 14.3. The molecular weight excluding hydrogens is 891 g/mol. The summed E-state index contributed by atoms with van der Waals surface area (Å²) < 4.78 is 7.22. The summed E-state index contributed by atoms with van der Waals surface area (Å²) in [5, 5.41) is 27.0. The van der Waals surface area contributed by atoms with Crippen LogP contribution in [0.3, 0.4) is 0 Å². The van der Waals surface area contributed by atoms with Crippen LogP contribution in [0, 0.1) is 0 Å². The fourth-order valence-electron chi connectivity index (χ4n) is 4.48. The van der Waals surface area contributed by atoms with Crippen LogP contribution >= 0.6 is 31.9 Å². The summed E-state index contributed by atoms with van der Waals surface area (Å²) in [7, 11) is 0. The van der Waals surface area contributed by atoms with Gasteiger partial charge < -0.3 is 16.9 Å². The van der Waals surface area contributed by atoms with Gasteiger partial charge in [-0.15, -0.1) is 0 Å². The molecule has 0 unspecified atom stereocenters. The molecule has 0 atom stereocenters. The number of aromatic carboxylic acids is 1. The summed E-state index contributed by atoms with van der Waals surface area (Å²) in [6.07, 6.45) is 0. The Hall–Kier alpha value is -1.44. The molecule has 0 bridgehead atoms. The van der Waals surface area contributed by atoms with E-state index in [9.17, 15) is 19.8 Å². The third-order valence-electron chi connectivity index (χ3n) is 6.43. The van der Waals surface area contributed by atoms with Crippen molar-refractivity contribution < 1.29 is 110 Å². The Bertz CT molecular complexity index is 1960. The van der Waals surface area contributed by atoms with Crippen LogP contribution in [0.25, 0.3) is 44.2 Å². The molecule has 4 aromatic carbocycles. The van der Waals surface area contributed by atoms with Crippen molar-refractivity contribution in [3.05, 3.63) is 104 Å². The number of anilines is 2. The van der Waals surface area contributed by atoms with Crippen LogP contribution in [0.5, 0.6) is 5.75 Å². The molecule has 1 heterocycles. The number of nitrogen functional groups attached to an aromatic ring is 2. The van der Waals surface area contributed by atoms with Gasteiger partial charge in [0.1, 0.15) is 0 Å². The van der Waals surface area contributed by atoms with Gasteiger partial charge in [-0.05, 0) is 22.9 Å². The monoisotopic (exact) mass is 909 g/mol. The topological polar surface area (TPSA) is 177 Å². The number of hydrogen-bond acceptors (Lipinski definition) is 7. The Morgan fingerprint density at radius 2 is 1.37 bits per heavy atom. The quantitative estimate of drug-likeness (QED) is 0.114. The molecule has 0 saturated carbocycles. The van der Waals surface area contributed by atoms with E-state index in [-0.39, 0.29) is 113 Å². The molecule has 1 aliphatic carbocycles. The minimum Gasteiger partial charge on any atom is 1.00 e. The van der Waals surface area contributed by atoms with Crippen molar-refractivity contribution in [1.82, 2.24) is 0 Å². The van der Waals surface area contributed by atoms with Gasteiger partial charge in [-0.1, -0.05) is 24.3 Å². The Kier molecular flexibility index (Phi) is 13.8. The van der Waals surface area contributed by atoms with Crippen LogP contribution in [-0.2, 0) is 26.1 Å². The number of carboxylic acid groups (broad SMARTS) is 1. The second kappa shape index (κ2) is 15.7. The molecule has 1 aliphatic heterocycles. The third-order valence-corrected chi connectivity index (χ3v) is 10.1. The standard InChI is InChI=1S/C20H9Br2O5.C10H10N2.Hg.2Na.H2O/c21-13-5-11-17(7-15(13)23)27-18-8-16(24)14(22)6-12(18)19(11)9-3-1-2-4-10(9)20(25)26;11-9-5-7-3-1-2-4-8(7)6-10(9)12;;;;/h1-7,24H,(H,25,26);1-6H,11-12H2;;;;1H2/q;;;2*+1;/p-2. The first-order valence-corrected chi connectivity index (χ1v) is 16.2. The van der Waals surface area contributed by atoms with Crippen molar-refractivity contribution in [1.29, 1.82) is 0 Å². The average molecular weight is 910 g/mol. The van der Waals surface area contributed by atoms with Crippen LogP contribution in [-0.4, -0.2) is 11.4 Å². The molecule has 0 fully saturated rings. The number of nitrogens with two attached hydrogens (primary N) is 2. The molecule has 0 aromatic heterocycles. The van der Waals surface area contributed by atoms with E-state index in [1.54, 1.807) is 30.3 Å². The van der Waals surface area contributed by atoms with Gasteiger partial charge in [-0.2, -0.15) is 0 Å². The second-order valence-corrected chi connectivity index (χ2v) is 13.4. The van der Waals surface area contributed by atoms with Gasteiger partial charge in [-0.3, -0.25) is 0 Å². The van der Waals surface area contributed by atoms with E-state index >= 15 is 0 Å². The fraction of sp³-hybridized carbons (Fsp3) is 0. The molecule has 2 aliphatic rings. The summed E-state index contributed by atoms with van der Waals surface area (Å²) in [4.78, 5) is 23.9. The Labute approximate surface area is 323 Å². The van der Waals surface area contributed by atoms with Crippen molar-refractivity contribution in [2.24, 2.45) is 0 Å². The first-order valence-electron chi connectivity index (χ1n) is 11.8. The molecule has 0 saturated heterocycles. The van der Waals surface area contributed by atoms with E-state index in [0.717, 1.165) is 10.8 Å². The van der Waals surface area contributed by atoms with Crippen LogP contribution < -0.4 is 89.3 Å². The number of carboxylic acids is 1. The van der Waals surface area contributed by atoms with Gasteiger partial charge in [0.25, 0.3) is 0 Å². The molecule has 0 radical (unpaired) electrons. The predicted molar refractivity (Wildman–Crippen MR) is 160 cm³/mol. The maximum absolute atomic E-state index is 12.4. The maximum Gasteiger partial charge on any atom is 1.00 e. The second-order valence-electron chi connectivity index (χ2n) is 8.96. The molecule has 6 N–H and O–H groups in total. The summed E-state index contributed by atoms with van der Waals surface area (Å²) in [6, 6.07) is 22.9. The van der Waals surface area contributed by atoms with Crippen LogP contribution in [0.15, 0.2) is 97.0 Å². The number of carbonyl (C=O) groups is 1. The molecule has 0 amide bonds. The first kappa shape index (κ1) is 37.7. The molecule has 4 aromatic rings. The van der Waals surface area contributed by atoms with Crippen molar-refractivity contribution in [3.63, 3.8) is 0 Å². The number of carbonyl (C=O) groups excluding carboxylic acids is 1. The van der Waals surface area contributed by atoms with Crippen molar-refractivity contribution in [3.8, 4) is 28.2 Å². The molecule has 203 valence electrons. The Morgan fingerprint density at radius 1 is 0.814 bits per heavy atom. The largest absolute Gasteiger partial charge is 1.00 e. The first-order chi connectivity index (χ1) is 19.1. The summed E-state index contributed by atoms with van der Waals surface area (Å²) in [5.74, 6) is -1.18. The number of fused-ring (bicyclic) bond motifs is 3. The van der Waals surface area contributed by atoms with E-state index in [2.05, 4.69) is 31.9 Å². The molecule has 43 heavy (non-hydrogen) atoms. The van der Waals surface area contributed by atoms with E-state index < -0.39 is 5.97 Å². The minimum atomic E-state index is -1.31.